The molecule has 0 atom stereocenters. The van der Waals surface area contributed by atoms with Crippen molar-refractivity contribution in [3.8, 4) is 17.6 Å². The number of carbonyl (C=O) groups is 2. The number of aromatic nitrogens is 2. The predicted octanol–water partition coefficient (Wildman–Crippen LogP) is 4.39. The quantitative estimate of drug-likeness (QED) is 0.289. The largest absolute Gasteiger partial charge is 0.491 e. The summed E-state index contributed by atoms with van der Waals surface area (Å²) in [5.41, 5.74) is 1.53. The first-order valence-corrected chi connectivity index (χ1v) is 12.5. The smallest absolute Gasteiger partial charge is 0.320 e. The zero-order chi connectivity index (χ0) is 27.1. The lowest BCUT2D eigenvalue weighted by atomic mass is 10.1. The molecule has 1 saturated carbocycles. The average molecular weight is 540 g/mol. The first kappa shape index (κ1) is 27.1. The van der Waals surface area contributed by atoms with Crippen LogP contribution in [0.1, 0.15) is 19.8 Å². The van der Waals surface area contributed by atoms with Gasteiger partial charge in [0.05, 0.1) is 42.5 Å². The summed E-state index contributed by atoms with van der Waals surface area (Å²) in [7, 11) is 1.71. The van der Waals surface area contributed by atoms with E-state index in [1.165, 1.54) is 18.5 Å². The summed E-state index contributed by atoms with van der Waals surface area (Å²) in [4.78, 5) is 34.5. The van der Waals surface area contributed by atoms with Gasteiger partial charge in [0.1, 0.15) is 23.7 Å². The van der Waals surface area contributed by atoms with Crippen LogP contribution in [0.4, 0.5) is 21.6 Å². The zero-order valence-corrected chi connectivity index (χ0v) is 21.8. The molecule has 0 unspecified atom stereocenters. The maximum atomic E-state index is 13.6. The normalized spacial score (nSPS) is 12.6. The second kappa shape index (κ2) is 12.5. The number of rotatable bonds is 10. The molecule has 11 heteroatoms. The number of hydrogen-bond donors (Lipinski definition) is 2. The first-order chi connectivity index (χ1) is 18.3. The minimum absolute atomic E-state index is 0.0245. The van der Waals surface area contributed by atoms with Crippen LogP contribution in [0.15, 0.2) is 36.7 Å². The Balaban J connectivity index is 1.55. The highest BCUT2D eigenvalue weighted by atomic mass is 35.5. The number of nitrogens with one attached hydrogen (secondary N) is 2. The highest BCUT2D eigenvalue weighted by molar-refractivity contribution is 6.31. The molecule has 1 aromatic heterocycles. The Morgan fingerprint density at radius 1 is 1.24 bits per heavy atom. The summed E-state index contributed by atoms with van der Waals surface area (Å²) >= 11 is 5.92. The summed E-state index contributed by atoms with van der Waals surface area (Å²) in [5.74, 6) is 5.27. The number of hydrogen-bond acceptors (Lipinski definition) is 8. The number of likely N-dealkylation sites (N-methyl/N-ethyl adjacent to an activating group) is 1. The molecule has 38 heavy (non-hydrogen) atoms. The highest BCUT2D eigenvalue weighted by Crippen LogP contribution is 2.36. The van der Waals surface area contributed by atoms with Gasteiger partial charge in [-0.2, -0.15) is 0 Å². The lowest BCUT2D eigenvalue weighted by molar-refractivity contribution is -0.143. The molecule has 0 spiro atoms. The molecule has 9 nitrogen and oxygen atoms in total. The number of nitrogens with zero attached hydrogens (tertiary/aromatic N) is 3. The lowest BCUT2D eigenvalue weighted by Gasteiger charge is -2.15. The number of anilines is 3. The van der Waals surface area contributed by atoms with Gasteiger partial charge in [-0.15, -0.1) is 0 Å². The topological polar surface area (TPSA) is 106 Å². The summed E-state index contributed by atoms with van der Waals surface area (Å²) in [6, 6.07) is 7.69. The molecule has 1 fully saturated rings. The third-order valence-electron chi connectivity index (χ3n) is 5.59. The van der Waals surface area contributed by atoms with Crippen molar-refractivity contribution in [3.63, 3.8) is 0 Å². The van der Waals surface area contributed by atoms with Gasteiger partial charge in [0.25, 0.3) is 5.91 Å². The molecule has 1 heterocycles. The third kappa shape index (κ3) is 7.54. The Kier molecular flexibility index (Phi) is 8.94. The van der Waals surface area contributed by atoms with Crippen molar-refractivity contribution < 1.29 is 23.5 Å². The first-order valence-electron chi connectivity index (χ1n) is 12.1. The number of fused-ring (bicyclic) bond motifs is 1. The van der Waals surface area contributed by atoms with Crippen molar-refractivity contribution >= 4 is 51.6 Å². The fraction of sp³-hybridized carbons (Fsp3) is 0.333. The van der Waals surface area contributed by atoms with Crippen molar-refractivity contribution in [1.29, 1.82) is 0 Å². The Morgan fingerprint density at radius 2 is 2.05 bits per heavy atom. The van der Waals surface area contributed by atoms with Crippen molar-refractivity contribution in [3.05, 3.63) is 47.5 Å². The predicted molar refractivity (Wildman–Crippen MR) is 143 cm³/mol. The fourth-order valence-electron chi connectivity index (χ4n) is 3.49. The van der Waals surface area contributed by atoms with E-state index in [0.717, 1.165) is 12.8 Å². The van der Waals surface area contributed by atoms with Crippen LogP contribution < -0.4 is 15.4 Å². The van der Waals surface area contributed by atoms with E-state index in [0.29, 0.717) is 53.0 Å². The van der Waals surface area contributed by atoms with Crippen molar-refractivity contribution in [1.82, 2.24) is 14.9 Å². The number of benzene rings is 2. The van der Waals surface area contributed by atoms with Crippen LogP contribution in [0, 0.1) is 23.6 Å². The van der Waals surface area contributed by atoms with Gasteiger partial charge in [-0.25, -0.2) is 14.4 Å². The van der Waals surface area contributed by atoms with Crippen LogP contribution in [-0.4, -0.2) is 60.1 Å². The molecule has 0 aliphatic heterocycles. The van der Waals surface area contributed by atoms with E-state index in [4.69, 9.17) is 21.1 Å². The minimum atomic E-state index is -0.540. The number of halogens is 2. The van der Waals surface area contributed by atoms with Gasteiger partial charge < -0.3 is 20.1 Å². The van der Waals surface area contributed by atoms with E-state index in [2.05, 4.69) is 32.4 Å². The fourth-order valence-corrected chi connectivity index (χ4v) is 3.68. The van der Waals surface area contributed by atoms with Crippen LogP contribution >= 0.6 is 11.6 Å². The molecule has 2 N–H and O–H groups in total. The zero-order valence-electron chi connectivity index (χ0n) is 21.0. The van der Waals surface area contributed by atoms with Crippen molar-refractivity contribution in [2.75, 3.05) is 44.0 Å². The highest BCUT2D eigenvalue weighted by Gasteiger charge is 2.23. The third-order valence-corrected chi connectivity index (χ3v) is 5.88. The van der Waals surface area contributed by atoms with Crippen molar-refractivity contribution in [2.45, 2.75) is 19.8 Å². The molecule has 198 valence electrons. The standard InChI is InChI=1S/C27H27ClFN5O4/c1-3-37-26(36)14-34(2)10-4-5-25(35)33-23-12-19-22(13-24(23)38-15-17-6-7-17)30-16-31-27(19)32-18-8-9-21(29)20(28)11-18/h8-9,11-13,16-17H,3,6-7,10,14-15H2,1-2H3,(H,33,35)(H,30,31,32). The molecule has 2 aromatic carbocycles. The molecule has 1 aliphatic rings. The van der Waals surface area contributed by atoms with Gasteiger partial charge >= 0.3 is 5.97 Å². The van der Waals surface area contributed by atoms with Gasteiger partial charge in [-0.1, -0.05) is 17.5 Å². The number of esters is 1. The summed E-state index contributed by atoms with van der Waals surface area (Å²) in [6.07, 6.45) is 3.62. The molecule has 4 rings (SSSR count). The van der Waals surface area contributed by atoms with Crippen LogP contribution in [-0.2, 0) is 14.3 Å². The van der Waals surface area contributed by atoms with Gasteiger partial charge in [0.15, 0.2) is 0 Å². The number of amides is 1. The van der Waals surface area contributed by atoms with E-state index >= 15 is 0 Å². The Labute approximate surface area is 224 Å². The van der Waals surface area contributed by atoms with Crippen LogP contribution in [0.25, 0.3) is 10.9 Å². The summed E-state index contributed by atoms with van der Waals surface area (Å²) < 4.78 is 24.5. The van der Waals surface area contributed by atoms with Crippen LogP contribution in [0.3, 0.4) is 0 Å². The number of carbonyl (C=O) groups excluding carboxylic acids is 2. The molecular formula is C27H27ClFN5O4. The van der Waals surface area contributed by atoms with Gasteiger partial charge in [-0.3, -0.25) is 14.5 Å². The van der Waals surface area contributed by atoms with E-state index in [1.54, 1.807) is 37.1 Å². The summed E-state index contributed by atoms with van der Waals surface area (Å²) in [6.45, 7) is 2.85. The van der Waals surface area contributed by atoms with Gasteiger partial charge in [0.2, 0.25) is 0 Å². The van der Waals surface area contributed by atoms with Gasteiger partial charge in [0, 0.05) is 17.1 Å². The summed E-state index contributed by atoms with van der Waals surface area (Å²) in [5, 5.41) is 6.48. The molecule has 0 bridgehead atoms. The molecule has 0 radical (unpaired) electrons. The van der Waals surface area contributed by atoms with E-state index in [1.807, 2.05) is 0 Å². The molecular weight excluding hydrogens is 513 g/mol. The maximum Gasteiger partial charge on any atom is 0.320 e. The maximum absolute atomic E-state index is 13.6. The second-order valence-corrected chi connectivity index (χ2v) is 9.24. The Bertz CT molecular complexity index is 1400. The van der Waals surface area contributed by atoms with Crippen LogP contribution in [0.2, 0.25) is 5.02 Å². The Morgan fingerprint density at radius 3 is 2.79 bits per heavy atom. The van der Waals surface area contributed by atoms with E-state index < -0.39 is 11.7 Å². The molecule has 0 saturated heterocycles. The molecule has 3 aromatic rings. The number of ether oxygens (including phenoxy) is 2. The Hall–Kier alpha value is -3.94. The van der Waals surface area contributed by atoms with Crippen molar-refractivity contribution in [2.24, 2.45) is 5.92 Å². The minimum Gasteiger partial charge on any atom is -0.491 e. The van der Waals surface area contributed by atoms with Gasteiger partial charge in [-0.05, 0) is 62.9 Å². The lowest BCUT2D eigenvalue weighted by Crippen LogP contribution is -2.27. The average Bonchev–Trinajstić information content (AvgIpc) is 3.70. The van der Waals surface area contributed by atoms with E-state index in [9.17, 15) is 14.0 Å². The molecule has 1 amide bonds. The SMILES string of the molecule is CCOC(=O)CN(C)CC#CC(=O)Nc1cc2c(Nc3ccc(F)c(Cl)c3)ncnc2cc1OCC1CC1. The monoisotopic (exact) mass is 539 g/mol. The second-order valence-electron chi connectivity index (χ2n) is 8.83. The molecule has 1 aliphatic carbocycles. The van der Waals surface area contributed by atoms with E-state index in [-0.39, 0.29) is 24.1 Å². The van der Waals surface area contributed by atoms with Crippen LogP contribution in [0.5, 0.6) is 5.75 Å².